The molecule has 1 unspecified atom stereocenters. The molecule has 110 valence electrons. The molecular formula is C16H22ClNO2. The van der Waals surface area contributed by atoms with E-state index in [2.05, 4.69) is 5.32 Å². The molecule has 0 radical (unpaired) electrons. The van der Waals surface area contributed by atoms with E-state index in [9.17, 15) is 4.79 Å². The number of carbonyl (C=O) groups excluding carboxylic acids is 1. The van der Waals surface area contributed by atoms with Gasteiger partial charge in [0.15, 0.2) is 6.10 Å². The average molecular weight is 296 g/mol. The maximum Gasteiger partial charge on any atom is 0.260 e. The molecule has 1 fully saturated rings. The highest BCUT2D eigenvalue weighted by atomic mass is 35.5. The predicted octanol–water partition coefficient (Wildman–Crippen LogP) is 3.95. The first-order chi connectivity index (χ1) is 9.66. The Morgan fingerprint density at radius 1 is 1.25 bits per heavy atom. The van der Waals surface area contributed by atoms with Crippen LogP contribution in [0, 0.1) is 0 Å². The van der Waals surface area contributed by atoms with Crippen molar-refractivity contribution in [2.24, 2.45) is 0 Å². The minimum absolute atomic E-state index is 0.0585. The summed E-state index contributed by atoms with van der Waals surface area (Å²) in [7, 11) is 0. The number of para-hydroxylation sites is 1. The van der Waals surface area contributed by atoms with E-state index in [4.69, 9.17) is 16.3 Å². The highest BCUT2D eigenvalue weighted by Gasteiger charge is 2.20. The van der Waals surface area contributed by atoms with Crippen LogP contribution in [0.1, 0.15) is 45.4 Å². The number of nitrogens with one attached hydrogen (secondary N) is 1. The van der Waals surface area contributed by atoms with E-state index in [0.717, 1.165) is 12.8 Å². The number of hydrogen-bond donors (Lipinski definition) is 1. The standard InChI is InChI=1S/C16H22ClNO2/c1-12(20-15-11-7-6-10-14(15)17)16(19)18-13-8-4-2-3-5-9-13/h6-7,10-13H,2-5,8-9H2,1H3,(H,18,19). The summed E-state index contributed by atoms with van der Waals surface area (Å²) in [5, 5.41) is 3.62. The zero-order valence-corrected chi connectivity index (χ0v) is 12.7. The first-order valence-electron chi connectivity index (χ1n) is 7.38. The van der Waals surface area contributed by atoms with Gasteiger partial charge in [-0.15, -0.1) is 0 Å². The van der Waals surface area contributed by atoms with Gasteiger partial charge >= 0.3 is 0 Å². The summed E-state index contributed by atoms with van der Waals surface area (Å²) in [5.74, 6) is 0.495. The quantitative estimate of drug-likeness (QED) is 0.854. The Hall–Kier alpha value is -1.22. The second-order valence-corrected chi connectivity index (χ2v) is 5.79. The van der Waals surface area contributed by atoms with E-state index in [1.807, 2.05) is 12.1 Å². The number of carbonyl (C=O) groups is 1. The predicted molar refractivity (Wildman–Crippen MR) is 81.2 cm³/mol. The van der Waals surface area contributed by atoms with Gasteiger partial charge in [-0.2, -0.15) is 0 Å². The minimum Gasteiger partial charge on any atom is -0.479 e. The first kappa shape index (κ1) is 15.2. The second kappa shape index (κ2) is 7.53. The van der Waals surface area contributed by atoms with Crippen LogP contribution in [-0.2, 0) is 4.79 Å². The number of benzene rings is 1. The summed E-state index contributed by atoms with van der Waals surface area (Å²) in [6.45, 7) is 1.76. The molecule has 0 bridgehead atoms. The third-order valence-corrected chi connectivity index (χ3v) is 4.02. The Balaban J connectivity index is 1.87. The Bertz CT molecular complexity index is 442. The van der Waals surface area contributed by atoms with Crippen molar-refractivity contribution in [3.63, 3.8) is 0 Å². The normalized spacial score (nSPS) is 18.1. The molecule has 1 aliphatic carbocycles. The Morgan fingerprint density at radius 3 is 2.55 bits per heavy atom. The molecule has 0 heterocycles. The van der Waals surface area contributed by atoms with Gasteiger partial charge in [-0.05, 0) is 31.9 Å². The van der Waals surface area contributed by atoms with Gasteiger partial charge < -0.3 is 10.1 Å². The van der Waals surface area contributed by atoms with E-state index in [-0.39, 0.29) is 5.91 Å². The molecule has 0 saturated heterocycles. The van der Waals surface area contributed by atoms with Crippen molar-refractivity contribution >= 4 is 17.5 Å². The fourth-order valence-corrected chi connectivity index (χ4v) is 2.71. The fraction of sp³-hybridized carbons (Fsp3) is 0.562. The van der Waals surface area contributed by atoms with Gasteiger partial charge in [-0.3, -0.25) is 4.79 Å². The van der Waals surface area contributed by atoms with E-state index < -0.39 is 6.10 Å². The Kier molecular flexibility index (Phi) is 5.72. The number of amides is 1. The minimum atomic E-state index is -0.529. The zero-order valence-electron chi connectivity index (χ0n) is 11.9. The van der Waals surface area contributed by atoms with Crippen molar-refractivity contribution < 1.29 is 9.53 Å². The van der Waals surface area contributed by atoms with Gasteiger partial charge in [0.2, 0.25) is 0 Å². The molecule has 2 rings (SSSR count). The van der Waals surface area contributed by atoms with E-state index >= 15 is 0 Å². The van der Waals surface area contributed by atoms with Gasteiger partial charge in [0.05, 0.1) is 5.02 Å². The molecule has 1 saturated carbocycles. The largest absolute Gasteiger partial charge is 0.479 e. The lowest BCUT2D eigenvalue weighted by Crippen LogP contribution is -2.42. The van der Waals surface area contributed by atoms with Crippen LogP contribution < -0.4 is 10.1 Å². The lowest BCUT2D eigenvalue weighted by molar-refractivity contribution is -0.128. The molecule has 3 nitrogen and oxygen atoms in total. The molecule has 0 aliphatic heterocycles. The van der Waals surface area contributed by atoms with Crippen molar-refractivity contribution in [3.05, 3.63) is 29.3 Å². The monoisotopic (exact) mass is 295 g/mol. The molecule has 0 spiro atoms. The van der Waals surface area contributed by atoms with Crippen molar-refractivity contribution in [3.8, 4) is 5.75 Å². The molecule has 1 aliphatic rings. The molecule has 4 heteroatoms. The van der Waals surface area contributed by atoms with Crippen LogP contribution in [-0.4, -0.2) is 18.1 Å². The lowest BCUT2D eigenvalue weighted by atomic mass is 10.1. The highest BCUT2D eigenvalue weighted by molar-refractivity contribution is 6.32. The van der Waals surface area contributed by atoms with Gasteiger partial charge in [0, 0.05) is 6.04 Å². The SMILES string of the molecule is CC(Oc1ccccc1Cl)C(=O)NC1CCCCCC1. The van der Waals surface area contributed by atoms with Crippen LogP contribution in [0.25, 0.3) is 0 Å². The molecular weight excluding hydrogens is 274 g/mol. The third kappa shape index (κ3) is 4.41. The van der Waals surface area contributed by atoms with Crippen LogP contribution >= 0.6 is 11.6 Å². The third-order valence-electron chi connectivity index (χ3n) is 3.71. The van der Waals surface area contributed by atoms with Gasteiger partial charge in [0.25, 0.3) is 5.91 Å². The van der Waals surface area contributed by atoms with E-state index in [1.165, 1.54) is 25.7 Å². The van der Waals surface area contributed by atoms with Crippen molar-refractivity contribution in [1.82, 2.24) is 5.32 Å². The summed E-state index contributed by atoms with van der Waals surface area (Å²) in [5.41, 5.74) is 0. The van der Waals surface area contributed by atoms with Gasteiger partial charge in [-0.25, -0.2) is 0 Å². The van der Waals surface area contributed by atoms with Crippen molar-refractivity contribution in [2.45, 2.75) is 57.6 Å². The smallest absolute Gasteiger partial charge is 0.260 e. The number of ether oxygens (including phenoxy) is 1. The number of hydrogen-bond acceptors (Lipinski definition) is 2. The van der Waals surface area contributed by atoms with Crippen molar-refractivity contribution in [2.75, 3.05) is 0 Å². The van der Waals surface area contributed by atoms with E-state index in [0.29, 0.717) is 16.8 Å². The van der Waals surface area contributed by atoms with Crippen LogP contribution in [0.3, 0.4) is 0 Å². The maximum atomic E-state index is 12.2. The maximum absolute atomic E-state index is 12.2. The van der Waals surface area contributed by atoms with Crippen LogP contribution in [0.15, 0.2) is 24.3 Å². The Morgan fingerprint density at radius 2 is 1.90 bits per heavy atom. The van der Waals surface area contributed by atoms with Crippen LogP contribution in [0.5, 0.6) is 5.75 Å². The summed E-state index contributed by atoms with van der Waals surface area (Å²) in [4.78, 5) is 12.2. The second-order valence-electron chi connectivity index (χ2n) is 5.39. The number of halogens is 1. The topological polar surface area (TPSA) is 38.3 Å². The fourth-order valence-electron chi connectivity index (χ4n) is 2.53. The lowest BCUT2D eigenvalue weighted by Gasteiger charge is -2.20. The van der Waals surface area contributed by atoms with Crippen LogP contribution in [0.4, 0.5) is 0 Å². The average Bonchev–Trinajstić information content (AvgIpc) is 2.70. The summed E-state index contributed by atoms with van der Waals surface area (Å²) >= 11 is 6.03. The van der Waals surface area contributed by atoms with Gasteiger partial charge in [-0.1, -0.05) is 49.4 Å². The first-order valence-corrected chi connectivity index (χ1v) is 7.76. The molecule has 1 amide bonds. The molecule has 0 aromatic heterocycles. The molecule has 1 aromatic rings. The zero-order chi connectivity index (χ0) is 14.4. The molecule has 1 N–H and O–H groups in total. The van der Waals surface area contributed by atoms with E-state index in [1.54, 1.807) is 19.1 Å². The summed E-state index contributed by atoms with van der Waals surface area (Å²) in [6, 6.07) is 7.51. The highest BCUT2D eigenvalue weighted by Crippen LogP contribution is 2.24. The Labute approximate surface area is 125 Å². The van der Waals surface area contributed by atoms with Gasteiger partial charge in [0.1, 0.15) is 5.75 Å². The number of rotatable bonds is 4. The molecule has 1 aromatic carbocycles. The summed E-state index contributed by atoms with van der Waals surface area (Å²) < 4.78 is 5.64. The van der Waals surface area contributed by atoms with Crippen molar-refractivity contribution in [1.29, 1.82) is 0 Å². The summed E-state index contributed by atoms with van der Waals surface area (Å²) in [6.07, 6.45) is 6.57. The molecule has 20 heavy (non-hydrogen) atoms. The molecule has 1 atom stereocenters. The van der Waals surface area contributed by atoms with Crippen LogP contribution in [0.2, 0.25) is 5.02 Å².